The van der Waals surface area contributed by atoms with Gasteiger partial charge in [-0.1, -0.05) is 18.2 Å². The molecule has 18 heavy (non-hydrogen) atoms. The van der Waals surface area contributed by atoms with E-state index >= 15 is 0 Å². The average molecular weight is 251 g/mol. The predicted molar refractivity (Wildman–Crippen MR) is 71.8 cm³/mol. The van der Waals surface area contributed by atoms with Crippen molar-refractivity contribution >= 4 is 11.7 Å². The van der Waals surface area contributed by atoms with Crippen molar-refractivity contribution in [3.63, 3.8) is 0 Å². The van der Waals surface area contributed by atoms with Gasteiger partial charge in [0.1, 0.15) is 0 Å². The van der Waals surface area contributed by atoms with Crippen LogP contribution in [0.25, 0.3) is 0 Å². The zero-order chi connectivity index (χ0) is 13.5. The monoisotopic (exact) mass is 251 g/mol. The van der Waals surface area contributed by atoms with Crippen LogP contribution in [0.4, 0.5) is 5.69 Å². The van der Waals surface area contributed by atoms with Gasteiger partial charge in [-0.25, -0.2) is 0 Å². The molecule has 2 atom stereocenters. The number of carboxylic acids is 1. The molecule has 0 aliphatic heterocycles. The van der Waals surface area contributed by atoms with Gasteiger partial charge in [0.2, 0.25) is 0 Å². The molecule has 4 nitrogen and oxygen atoms in total. The van der Waals surface area contributed by atoms with E-state index in [-0.39, 0.29) is 12.5 Å². The molecule has 0 radical (unpaired) electrons. The average Bonchev–Trinajstić information content (AvgIpc) is 2.34. The summed E-state index contributed by atoms with van der Waals surface area (Å²) >= 11 is 0. The minimum absolute atomic E-state index is 0.0406. The number of anilines is 1. The van der Waals surface area contributed by atoms with E-state index in [0.29, 0.717) is 13.0 Å². The van der Waals surface area contributed by atoms with Gasteiger partial charge in [-0.2, -0.15) is 0 Å². The van der Waals surface area contributed by atoms with Gasteiger partial charge in [-0.3, -0.25) is 4.79 Å². The minimum atomic E-state index is -0.785. The molecule has 100 valence electrons. The van der Waals surface area contributed by atoms with Crippen molar-refractivity contribution in [1.29, 1.82) is 0 Å². The zero-order valence-corrected chi connectivity index (χ0v) is 10.9. The fourth-order valence-corrected chi connectivity index (χ4v) is 1.85. The number of hydrogen-bond acceptors (Lipinski definition) is 3. The molecule has 0 heterocycles. The van der Waals surface area contributed by atoms with Crippen LogP contribution in [0.3, 0.4) is 0 Å². The van der Waals surface area contributed by atoms with E-state index in [9.17, 15) is 9.90 Å². The Balaban J connectivity index is 2.73. The maximum Gasteiger partial charge on any atom is 0.303 e. The Bertz CT molecular complexity index is 365. The molecule has 0 bridgehead atoms. The van der Waals surface area contributed by atoms with Gasteiger partial charge >= 0.3 is 5.97 Å². The second-order valence-corrected chi connectivity index (χ2v) is 4.51. The van der Waals surface area contributed by atoms with Crippen molar-refractivity contribution in [1.82, 2.24) is 0 Å². The van der Waals surface area contributed by atoms with Crippen LogP contribution >= 0.6 is 0 Å². The number of benzene rings is 1. The van der Waals surface area contributed by atoms with Crippen LogP contribution in [0.1, 0.15) is 26.7 Å². The molecule has 2 unspecified atom stereocenters. The topological polar surface area (TPSA) is 60.8 Å². The summed E-state index contributed by atoms with van der Waals surface area (Å²) < 4.78 is 0. The highest BCUT2D eigenvalue weighted by Crippen LogP contribution is 2.19. The van der Waals surface area contributed by atoms with E-state index in [1.54, 1.807) is 6.92 Å². The lowest BCUT2D eigenvalue weighted by Crippen LogP contribution is -2.41. The third-order valence-corrected chi connectivity index (χ3v) is 3.07. The van der Waals surface area contributed by atoms with Gasteiger partial charge in [-0.05, 0) is 32.4 Å². The number of carbonyl (C=O) groups is 1. The van der Waals surface area contributed by atoms with Crippen molar-refractivity contribution in [3.8, 4) is 0 Å². The highest BCUT2D eigenvalue weighted by Gasteiger charge is 2.18. The molecule has 1 aromatic carbocycles. The standard InChI is InChI=1S/C14H21NO3/c1-11(12(2)16)15(10-6-9-14(17)18)13-7-4-3-5-8-13/h3-5,7-8,11-12,16H,6,9-10H2,1-2H3,(H,17,18). The molecule has 4 heteroatoms. The number of hydrogen-bond donors (Lipinski definition) is 2. The fraction of sp³-hybridized carbons (Fsp3) is 0.500. The summed E-state index contributed by atoms with van der Waals surface area (Å²) in [4.78, 5) is 12.6. The number of rotatable bonds is 7. The fourth-order valence-electron chi connectivity index (χ4n) is 1.85. The summed E-state index contributed by atoms with van der Waals surface area (Å²) in [6, 6.07) is 9.72. The van der Waals surface area contributed by atoms with Crippen molar-refractivity contribution < 1.29 is 15.0 Å². The lowest BCUT2D eigenvalue weighted by atomic mass is 10.1. The SMILES string of the molecule is CC(O)C(C)N(CCCC(=O)O)c1ccccc1. The summed E-state index contributed by atoms with van der Waals surface area (Å²) in [6.45, 7) is 4.32. The Hall–Kier alpha value is -1.55. The van der Waals surface area contributed by atoms with Crippen molar-refractivity contribution in [2.24, 2.45) is 0 Å². The minimum Gasteiger partial charge on any atom is -0.481 e. The van der Waals surface area contributed by atoms with E-state index in [1.165, 1.54) is 0 Å². The summed E-state index contributed by atoms with van der Waals surface area (Å²) in [5, 5.41) is 18.4. The Kier molecular flexibility index (Phi) is 5.65. The van der Waals surface area contributed by atoms with Gasteiger partial charge in [-0.15, -0.1) is 0 Å². The van der Waals surface area contributed by atoms with Crippen LogP contribution < -0.4 is 4.90 Å². The van der Waals surface area contributed by atoms with Crippen LogP contribution in [0.15, 0.2) is 30.3 Å². The quantitative estimate of drug-likeness (QED) is 0.779. The summed E-state index contributed by atoms with van der Waals surface area (Å²) in [6.07, 6.45) is 0.256. The van der Waals surface area contributed by atoms with Gasteiger partial charge < -0.3 is 15.1 Å². The highest BCUT2D eigenvalue weighted by molar-refractivity contribution is 5.66. The first-order valence-corrected chi connectivity index (χ1v) is 6.24. The first kappa shape index (κ1) is 14.5. The van der Waals surface area contributed by atoms with Crippen molar-refractivity contribution in [2.75, 3.05) is 11.4 Å². The number of aliphatic hydroxyl groups excluding tert-OH is 1. The third-order valence-electron chi connectivity index (χ3n) is 3.07. The molecule has 0 spiro atoms. The van der Waals surface area contributed by atoms with E-state index in [1.807, 2.05) is 42.2 Å². The molecule has 0 amide bonds. The maximum atomic E-state index is 10.6. The van der Waals surface area contributed by atoms with E-state index in [2.05, 4.69) is 0 Å². The van der Waals surface area contributed by atoms with Gasteiger partial charge in [0.15, 0.2) is 0 Å². The normalized spacial score (nSPS) is 13.9. The maximum absolute atomic E-state index is 10.6. The smallest absolute Gasteiger partial charge is 0.303 e. The molecule has 0 fully saturated rings. The zero-order valence-electron chi connectivity index (χ0n) is 10.9. The summed E-state index contributed by atoms with van der Waals surface area (Å²) in [7, 11) is 0. The molecule has 0 saturated heterocycles. The molecule has 2 N–H and O–H groups in total. The number of aliphatic carboxylic acids is 1. The second kappa shape index (κ2) is 7.01. The molecule has 1 aromatic rings. The number of nitrogens with zero attached hydrogens (tertiary/aromatic N) is 1. The van der Waals surface area contributed by atoms with Crippen LogP contribution in [0.5, 0.6) is 0 Å². The van der Waals surface area contributed by atoms with Crippen LogP contribution in [0.2, 0.25) is 0 Å². The Labute approximate surface area is 108 Å². The first-order valence-electron chi connectivity index (χ1n) is 6.24. The van der Waals surface area contributed by atoms with Crippen LogP contribution in [-0.4, -0.2) is 34.9 Å². The molecular formula is C14H21NO3. The molecule has 0 aliphatic rings. The van der Waals surface area contributed by atoms with E-state index < -0.39 is 12.1 Å². The predicted octanol–water partition coefficient (Wildman–Crippen LogP) is 2.13. The van der Waals surface area contributed by atoms with Gasteiger partial charge in [0.25, 0.3) is 0 Å². The second-order valence-electron chi connectivity index (χ2n) is 4.51. The van der Waals surface area contributed by atoms with Crippen LogP contribution in [-0.2, 0) is 4.79 Å². The van der Waals surface area contributed by atoms with Crippen LogP contribution in [0, 0.1) is 0 Å². The van der Waals surface area contributed by atoms with Gasteiger partial charge in [0, 0.05) is 18.7 Å². The van der Waals surface area contributed by atoms with E-state index in [4.69, 9.17) is 5.11 Å². The molecule has 0 aromatic heterocycles. The van der Waals surface area contributed by atoms with Crippen molar-refractivity contribution in [3.05, 3.63) is 30.3 Å². The van der Waals surface area contributed by atoms with E-state index in [0.717, 1.165) is 5.69 Å². The highest BCUT2D eigenvalue weighted by atomic mass is 16.4. The largest absolute Gasteiger partial charge is 0.481 e. The molecule has 0 saturated carbocycles. The third kappa shape index (κ3) is 4.37. The Morgan fingerprint density at radius 3 is 2.39 bits per heavy atom. The Morgan fingerprint density at radius 1 is 1.28 bits per heavy atom. The first-order chi connectivity index (χ1) is 8.52. The van der Waals surface area contributed by atoms with Crippen molar-refractivity contribution in [2.45, 2.75) is 38.8 Å². The number of aliphatic hydroxyl groups is 1. The Morgan fingerprint density at radius 2 is 1.89 bits per heavy atom. The van der Waals surface area contributed by atoms with Gasteiger partial charge in [0.05, 0.1) is 12.1 Å². The number of para-hydroxylation sites is 1. The lowest BCUT2D eigenvalue weighted by molar-refractivity contribution is -0.137. The molecular weight excluding hydrogens is 230 g/mol. The number of carboxylic acid groups (broad SMARTS) is 1. The molecule has 0 aliphatic carbocycles. The summed E-state index contributed by atoms with van der Waals surface area (Å²) in [5.74, 6) is -0.785. The summed E-state index contributed by atoms with van der Waals surface area (Å²) in [5.41, 5.74) is 1.01. The molecule has 1 rings (SSSR count). The lowest BCUT2D eigenvalue weighted by Gasteiger charge is -2.33.